The molecular weight excluding hydrogens is 396 g/mol. The standard InChI is InChI=1S/C19H19BrN4O2/c1-12-9-15(13(2)26-12)19(25)24-7-5-23(6-8-24)17-3-4-21-16-10-14(20)11-22-18(16)17/h3-4,9-11H,5-8H2,1-2H3. The van der Waals surface area contributed by atoms with Crippen molar-refractivity contribution >= 4 is 38.6 Å². The number of carbonyl (C=O) groups excluding carboxylic acids is 1. The van der Waals surface area contributed by atoms with Crippen LogP contribution in [0.5, 0.6) is 0 Å². The van der Waals surface area contributed by atoms with Gasteiger partial charge < -0.3 is 14.2 Å². The van der Waals surface area contributed by atoms with Crippen molar-refractivity contribution in [2.24, 2.45) is 0 Å². The van der Waals surface area contributed by atoms with Gasteiger partial charge in [-0.3, -0.25) is 14.8 Å². The summed E-state index contributed by atoms with van der Waals surface area (Å²) in [4.78, 5) is 25.8. The van der Waals surface area contributed by atoms with Crippen molar-refractivity contribution in [3.8, 4) is 0 Å². The lowest BCUT2D eigenvalue weighted by molar-refractivity contribution is 0.0745. The molecule has 0 atom stereocenters. The van der Waals surface area contributed by atoms with Gasteiger partial charge in [0.05, 0.1) is 16.8 Å². The molecule has 0 N–H and O–H groups in total. The van der Waals surface area contributed by atoms with Crippen LogP contribution in [0.4, 0.5) is 5.69 Å². The zero-order valence-corrected chi connectivity index (χ0v) is 16.3. The van der Waals surface area contributed by atoms with Gasteiger partial charge in [0.25, 0.3) is 5.91 Å². The number of carbonyl (C=O) groups is 1. The molecule has 0 aliphatic carbocycles. The van der Waals surface area contributed by atoms with Crippen molar-refractivity contribution in [1.29, 1.82) is 0 Å². The number of pyridine rings is 2. The van der Waals surface area contributed by atoms with Gasteiger partial charge in [-0.1, -0.05) is 0 Å². The number of aryl methyl sites for hydroxylation is 2. The van der Waals surface area contributed by atoms with Crippen molar-refractivity contribution < 1.29 is 9.21 Å². The van der Waals surface area contributed by atoms with E-state index in [4.69, 9.17) is 4.42 Å². The van der Waals surface area contributed by atoms with Crippen LogP contribution in [0.3, 0.4) is 0 Å². The number of hydrogen-bond acceptors (Lipinski definition) is 5. The minimum atomic E-state index is 0.0423. The van der Waals surface area contributed by atoms with Crippen LogP contribution in [0.2, 0.25) is 0 Å². The molecule has 4 rings (SSSR count). The molecule has 0 aromatic carbocycles. The Morgan fingerprint density at radius 2 is 1.92 bits per heavy atom. The molecule has 3 aromatic heterocycles. The smallest absolute Gasteiger partial charge is 0.257 e. The quantitative estimate of drug-likeness (QED) is 0.641. The molecule has 7 heteroatoms. The second-order valence-electron chi connectivity index (χ2n) is 6.46. The van der Waals surface area contributed by atoms with E-state index >= 15 is 0 Å². The lowest BCUT2D eigenvalue weighted by Gasteiger charge is -2.36. The highest BCUT2D eigenvalue weighted by Crippen LogP contribution is 2.26. The predicted molar refractivity (Wildman–Crippen MR) is 104 cm³/mol. The van der Waals surface area contributed by atoms with E-state index in [-0.39, 0.29) is 5.91 Å². The summed E-state index contributed by atoms with van der Waals surface area (Å²) in [6.45, 7) is 6.56. The van der Waals surface area contributed by atoms with Crippen LogP contribution in [0, 0.1) is 13.8 Å². The van der Waals surface area contributed by atoms with Gasteiger partial charge in [0, 0.05) is 43.0 Å². The molecule has 0 unspecified atom stereocenters. The average Bonchev–Trinajstić information content (AvgIpc) is 2.98. The first-order valence-corrected chi connectivity index (χ1v) is 9.34. The number of fused-ring (bicyclic) bond motifs is 1. The largest absolute Gasteiger partial charge is 0.466 e. The summed E-state index contributed by atoms with van der Waals surface area (Å²) in [7, 11) is 0. The molecule has 0 saturated carbocycles. The molecule has 0 bridgehead atoms. The summed E-state index contributed by atoms with van der Waals surface area (Å²) in [5.74, 6) is 1.50. The fraction of sp³-hybridized carbons (Fsp3) is 0.316. The van der Waals surface area contributed by atoms with Crippen LogP contribution in [0.25, 0.3) is 11.0 Å². The van der Waals surface area contributed by atoms with E-state index in [1.54, 1.807) is 12.4 Å². The molecule has 6 nitrogen and oxygen atoms in total. The summed E-state index contributed by atoms with van der Waals surface area (Å²) in [5.41, 5.74) is 3.47. The summed E-state index contributed by atoms with van der Waals surface area (Å²) < 4.78 is 6.41. The molecule has 1 fully saturated rings. The molecule has 4 heterocycles. The van der Waals surface area contributed by atoms with E-state index in [2.05, 4.69) is 30.8 Å². The maximum atomic E-state index is 12.7. The third-order valence-electron chi connectivity index (χ3n) is 4.70. The Bertz CT molecular complexity index is 977. The minimum absolute atomic E-state index is 0.0423. The fourth-order valence-electron chi connectivity index (χ4n) is 3.41. The Hall–Kier alpha value is -2.41. The maximum absolute atomic E-state index is 12.7. The van der Waals surface area contributed by atoms with Crippen LogP contribution in [-0.4, -0.2) is 47.0 Å². The number of rotatable bonds is 2. The lowest BCUT2D eigenvalue weighted by Crippen LogP contribution is -2.49. The molecule has 1 saturated heterocycles. The first-order chi connectivity index (χ1) is 12.5. The van der Waals surface area contributed by atoms with E-state index in [1.165, 1.54) is 0 Å². The normalized spacial score (nSPS) is 14.9. The van der Waals surface area contributed by atoms with E-state index in [1.807, 2.05) is 36.9 Å². The van der Waals surface area contributed by atoms with Gasteiger partial charge in [0.1, 0.15) is 17.0 Å². The molecule has 0 spiro atoms. The number of hydrogen-bond donors (Lipinski definition) is 0. The molecule has 0 radical (unpaired) electrons. The van der Waals surface area contributed by atoms with Crippen molar-refractivity contribution in [1.82, 2.24) is 14.9 Å². The summed E-state index contributed by atoms with van der Waals surface area (Å²) in [6.07, 6.45) is 3.60. The highest BCUT2D eigenvalue weighted by molar-refractivity contribution is 9.10. The van der Waals surface area contributed by atoms with Crippen molar-refractivity contribution in [2.45, 2.75) is 13.8 Å². The van der Waals surface area contributed by atoms with E-state index in [9.17, 15) is 4.79 Å². The second kappa shape index (κ2) is 6.72. The van der Waals surface area contributed by atoms with Crippen LogP contribution in [0.15, 0.2) is 39.5 Å². The Balaban J connectivity index is 1.52. The van der Waals surface area contributed by atoms with Crippen LogP contribution in [-0.2, 0) is 0 Å². The molecule has 1 aliphatic heterocycles. The third kappa shape index (κ3) is 3.07. The highest BCUT2D eigenvalue weighted by atomic mass is 79.9. The highest BCUT2D eigenvalue weighted by Gasteiger charge is 2.25. The molecule has 3 aromatic rings. The minimum Gasteiger partial charge on any atom is -0.466 e. The van der Waals surface area contributed by atoms with Gasteiger partial charge in [-0.2, -0.15) is 0 Å². The van der Waals surface area contributed by atoms with Gasteiger partial charge in [-0.05, 0) is 48.0 Å². The number of anilines is 1. The maximum Gasteiger partial charge on any atom is 0.257 e. The number of nitrogens with zero attached hydrogens (tertiary/aromatic N) is 4. The second-order valence-corrected chi connectivity index (χ2v) is 7.37. The van der Waals surface area contributed by atoms with Gasteiger partial charge in [0.2, 0.25) is 0 Å². The van der Waals surface area contributed by atoms with Gasteiger partial charge >= 0.3 is 0 Å². The van der Waals surface area contributed by atoms with E-state index < -0.39 is 0 Å². The first kappa shape index (κ1) is 17.0. The Morgan fingerprint density at radius 1 is 1.15 bits per heavy atom. The van der Waals surface area contributed by atoms with Crippen LogP contribution < -0.4 is 4.90 Å². The average molecular weight is 415 g/mol. The van der Waals surface area contributed by atoms with E-state index in [0.29, 0.717) is 24.4 Å². The first-order valence-electron chi connectivity index (χ1n) is 8.54. The molecule has 1 amide bonds. The number of halogens is 1. The molecule has 134 valence electrons. The lowest BCUT2D eigenvalue weighted by atomic mass is 10.2. The van der Waals surface area contributed by atoms with Gasteiger partial charge in [-0.15, -0.1) is 0 Å². The molecule has 1 aliphatic rings. The summed E-state index contributed by atoms with van der Waals surface area (Å²) in [6, 6.07) is 5.78. The topological polar surface area (TPSA) is 62.5 Å². The van der Waals surface area contributed by atoms with Gasteiger partial charge in [0.15, 0.2) is 0 Å². The fourth-order valence-corrected chi connectivity index (χ4v) is 3.73. The Kier molecular flexibility index (Phi) is 4.40. The number of aromatic nitrogens is 2. The Morgan fingerprint density at radius 3 is 2.62 bits per heavy atom. The van der Waals surface area contributed by atoms with Crippen molar-refractivity contribution in [3.05, 3.63) is 52.1 Å². The Labute approximate surface area is 160 Å². The molecule has 26 heavy (non-hydrogen) atoms. The monoisotopic (exact) mass is 414 g/mol. The summed E-state index contributed by atoms with van der Waals surface area (Å²) in [5, 5.41) is 0. The SMILES string of the molecule is Cc1cc(C(=O)N2CCN(c3ccnc4cc(Br)cnc34)CC2)c(C)o1. The zero-order chi connectivity index (χ0) is 18.3. The number of piperazine rings is 1. The van der Waals surface area contributed by atoms with Crippen molar-refractivity contribution in [3.63, 3.8) is 0 Å². The van der Waals surface area contributed by atoms with Crippen LogP contribution >= 0.6 is 15.9 Å². The number of amides is 1. The number of furan rings is 1. The van der Waals surface area contributed by atoms with E-state index in [0.717, 1.165) is 40.0 Å². The van der Waals surface area contributed by atoms with Crippen molar-refractivity contribution in [2.75, 3.05) is 31.1 Å². The summed E-state index contributed by atoms with van der Waals surface area (Å²) >= 11 is 3.44. The zero-order valence-electron chi connectivity index (χ0n) is 14.7. The van der Waals surface area contributed by atoms with Gasteiger partial charge in [-0.25, -0.2) is 0 Å². The van der Waals surface area contributed by atoms with Crippen LogP contribution in [0.1, 0.15) is 21.9 Å². The predicted octanol–water partition coefficient (Wildman–Crippen LogP) is 3.56. The molecular formula is C19H19BrN4O2. The third-order valence-corrected chi connectivity index (χ3v) is 5.14.